The molecule has 2 aromatic carbocycles. The van der Waals surface area contributed by atoms with Crippen LogP contribution in [0.25, 0.3) is 11.3 Å². The van der Waals surface area contributed by atoms with E-state index < -0.39 is 0 Å². The van der Waals surface area contributed by atoms with Crippen molar-refractivity contribution in [1.82, 2.24) is 4.98 Å². The number of thiazole rings is 1. The highest BCUT2D eigenvalue weighted by Crippen LogP contribution is 2.25. The largest absolute Gasteiger partial charge is 0.302 e. The first-order chi connectivity index (χ1) is 11.3. The molecule has 3 aromatic rings. The van der Waals surface area contributed by atoms with Gasteiger partial charge in [0.1, 0.15) is 0 Å². The molecule has 0 spiro atoms. The highest BCUT2D eigenvalue weighted by molar-refractivity contribution is 7.99. The Kier molecular flexibility index (Phi) is 5.45. The number of aromatic nitrogens is 1. The molecule has 0 bridgehead atoms. The number of rotatable bonds is 6. The van der Waals surface area contributed by atoms with Crippen molar-refractivity contribution in [1.29, 1.82) is 0 Å². The summed E-state index contributed by atoms with van der Waals surface area (Å²) in [6.07, 6.45) is 0.472. The molecule has 3 rings (SSSR count). The van der Waals surface area contributed by atoms with E-state index in [0.717, 1.165) is 17.0 Å². The molecule has 1 aromatic heterocycles. The van der Waals surface area contributed by atoms with Gasteiger partial charge in [-0.1, -0.05) is 48.5 Å². The van der Waals surface area contributed by atoms with Crippen LogP contribution in [0.2, 0.25) is 0 Å². The van der Waals surface area contributed by atoms with Crippen LogP contribution in [0, 0.1) is 0 Å². The average molecular weight is 340 g/mol. The van der Waals surface area contributed by atoms with Crippen molar-refractivity contribution in [3.63, 3.8) is 0 Å². The van der Waals surface area contributed by atoms with E-state index in [-0.39, 0.29) is 5.91 Å². The number of amides is 1. The fourth-order valence-electron chi connectivity index (χ4n) is 2.03. The van der Waals surface area contributed by atoms with Gasteiger partial charge in [-0.15, -0.1) is 23.1 Å². The van der Waals surface area contributed by atoms with Crippen molar-refractivity contribution in [3.8, 4) is 11.3 Å². The van der Waals surface area contributed by atoms with Gasteiger partial charge in [0, 0.05) is 28.0 Å². The van der Waals surface area contributed by atoms with Gasteiger partial charge in [0.15, 0.2) is 5.13 Å². The Labute approximate surface area is 143 Å². The van der Waals surface area contributed by atoms with E-state index in [1.54, 1.807) is 11.8 Å². The summed E-state index contributed by atoms with van der Waals surface area (Å²) >= 11 is 3.14. The number of nitrogens with zero attached hydrogens (tertiary/aromatic N) is 1. The number of thioether (sulfide) groups is 1. The van der Waals surface area contributed by atoms with Crippen molar-refractivity contribution >= 4 is 34.1 Å². The first kappa shape index (κ1) is 15.8. The van der Waals surface area contributed by atoms with Crippen LogP contribution in [0.4, 0.5) is 5.13 Å². The maximum Gasteiger partial charge on any atom is 0.226 e. The van der Waals surface area contributed by atoms with Gasteiger partial charge in [-0.05, 0) is 12.1 Å². The molecule has 23 heavy (non-hydrogen) atoms. The molecule has 5 heteroatoms. The molecule has 0 saturated carbocycles. The monoisotopic (exact) mass is 340 g/mol. The van der Waals surface area contributed by atoms with Gasteiger partial charge in [0.2, 0.25) is 5.91 Å². The number of nitrogens with one attached hydrogen (secondary N) is 1. The fraction of sp³-hybridized carbons (Fsp3) is 0.111. The lowest BCUT2D eigenvalue weighted by Gasteiger charge is -2.02. The summed E-state index contributed by atoms with van der Waals surface area (Å²) in [5.74, 6) is 0.759. The Hall–Kier alpha value is -2.11. The standard InChI is InChI=1S/C18H16N2OS2/c21-17(11-12-22-15-9-5-2-6-10-15)20-18-19-16(13-23-18)14-7-3-1-4-8-14/h1-10,13H,11-12H2,(H,19,20,21). The third-order valence-electron chi connectivity index (χ3n) is 3.16. The van der Waals surface area contributed by atoms with Crippen LogP contribution in [-0.2, 0) is 4.79 Å². The highest BCUT2D eigenvalue weighted by atomic mass is 32.2. The molecule has 3 nitrogen and oxygen atoms in total. The van der Waals surface area contributed by atoms with Gasteiger partial charge in [0.25, 0.3) is 0 Å². The molecular weight excluding hydrogens is 324 g/mol. The average Bonchev–Trinajstić information content (AvgIpc) is 3.05. The lowest BCUT2D eigenvalue weighted by molar-refractivity contribution is -0.115. The minimum Gasteiger partial charge on any atom is -0.302 e. The van der Waals surface area contributed by atoms with Crippen LogP contribution < -0.4 is 5.32 Å². The summed E-state index contributed by atoms with van der Waals surface area (Å²) in [7, 11) is 0. The molecule has 0 aliphatic heterocycles. The Morgan fingerprint density at radius 3 is 2.48 bits per heavy atom. The van der Waals surface area contributed by atoms with E-state index in [4.69, 9.17) is 0 Å². The third-order valence-corrected chi connectivity index (χ3v) is 4.93. The van der Waals surface area contributed by atoms with Gasteiger partial charge in [-0.25, -0.2) is 4.98 Å². The van der Waals surface area contributed by atoms with Gasteiger partial charge >= 0.3 is 0 Å². The molecule has 0 aliphatic carbocycles. The topological polar surface area (TPSA) is 42.0 Å². The smallest absolute Gasteiger partial charge is 0.226 e. The van der Waals surface area contributed by atoms with Crippen LogP contribution in [0.3, 0.4) is 0 Å². The summed E-state index contributed by atoms with van der Waals surface area (Å²) in [5.41, 5.74) is 1.95. The number of carbonyl (C=O) groups excluding carboxylic acids is 1. The van der Waals surface area contributed by atoms with E-state index >= 15 is 0 Å². The Morgan fingerprint density at radius 2 is 1.74 bits per heavy atom. The van der Waals surface area contributed by atoms with Crippen LogP contribution in [0.5, 0.6) is 0 Å². The fourth-order valence-corrected chi connectivity index (χ4v) is 3.64. The number of hydrogen-bond acceptors (Lipinski definition) is 4. The Bertz CT molecular complexity index is 757. The van der Waals surface area contributed by atoms with E-state index in [1.807, 2.05) is 53.9 Å². The van der Waals surface area contributed by atoms with Crippen LogP contribution in [0.15, 0.2) is 70.9 Å². The van der Waals surface area contributed by atoms with Crippen LogP contribution in [-0.4, -0.2) is 16.6 Å². The van der Waals surface area contributed by atoms with Crippen molar-refractivity contribution in [2.24, 2.45) is 0 Å². The summed E-state index contributed by atoms with van der Waals surface area (Å²) in [4.78, 5) is 17.6. The second kappa shape index (κ2) is 7.94. The lowest BCUT2D eigenvalue weighted by atomic mass is 10.2. The highest BCUT2D eigenvalue weighted by Gasteiger charge is 2.08. The molecule has 1 heterocycles. The molecule has 1 amide bonds. The minimum atomic E-state index is 0.00222. The maximum atomic E-state index is 12.0. The molecular formula is C18H16N2OS2. The third kappa shape index (κ3) is 4.68. The molecule has 0 saturated heterocycles. The first-order valence-corrected chi connectivity index (χ1v) is 9.16. The molecule has 1 N–H and O–H groups in total. The van der Waals surface area contributed by atoms with Gasteiger partial charge in [-0.2, -0.15) is 0 Å². The molecule has 0 atom stereocenters. The maximum absolute atomic E-state index is 12.0. The normalized spacial score (nSPS) is 10.4. The molecule has 0 radical (unpaired) electrons. The van der Waals surface area contributed by atoms with Gasteiger partial charge < -0.3 is 5.32 Å². The zero-order valence-corrected chi connectivity index (χ0v) is 14.1. The zero-order chi connectivity index (χ0) is 15.9. The first-order valence-electron chi connectivity index (χ1n) is 7.30. The molecule has 0 fully saturated rings. The zero-order valence-electron chi connectivity index (χ0n) is 12.4. The van der Waals surface area contributed by atoms with E-state index in [0.29, 0.717) is 11.6 Å². The van der Waals surface area contributed by atoms with Crippen molar-refractivity contribution in [2.45, 2.75) is 11.3 Å². The molecule has 0 aliphatic rings. The minimum absolute atomic E-state index is 0.00222. The van der Waals surface area contributed by atoms with Crippen molar-refractivity contribution in [3.05, 3.63) is 66.0 Å². The predicted molar refractivity (Wildman–Crippen MR) is 98.0 cm³/mol. The van der Waals surface area contributed by atoms with Crippen molar-refractivity contribution < 1.29 is 4.79 Å². The number of anilines is 1. The number of benzene rings is 2. The van der Waals surface area contributed by atoms with Gasteiger partial charge in [0.05, 0.1) is 5.69 Å². The summed E-state index contributed by atoms with van der Waals surface area (Å²) in [5, 5.41) is 5.49. The number of hydrogen-bond donors (Lipinski definition) is 1. The van der Waals surface area contributed by atoms with Gasteiger partial charge in [-0.3, -0.25) is 4.79 Å². The lowest BCUT2D eigenvalue weighted by Crippen LogP contribution is -2.11. The Morgan fingerprint density at radius 1 is 1.04 bits per heavy atom. The Balaban J connectivity index is 1.49. The van der Waals surface area contributed by atoms with E-state index in [9.17, 15) is 4.79 Å². The molecule has 0 unspecified atom stereocenters. The van der Waals surface area contributed by atoms with Crippen LogP contribution in [0.1, 0.15) is 6.42 Å². The summed E-state index contributed by atoms with van der Waals surface area (Å²) in [6.45, 7) is 0. The summed E-state index contributed by atoms with van der Waals surface area (Å²) < 4.78 is 0. The second-order valence-corrected chi connectivity index (χ2v) is 6.89. The second-order valence-electron chi connectivity index (χ2n) is 4.86. The van der Waals surface area contributed by atoms with E-state index in [1.165, 1.54) is 16.2 Å². The SMILES string of the molecule is O=C(CCSc1ccccc1)Nc1nc(-c2ccccc2)cs1. The van der Waals surface area contributed by atoms with Crippen molar-refractivity contribution in [2.75, 3.05) is 11.1 Å². The van der Waals surface area contributed by atoms with Crippen LogP contribution >= 0.6 is 23.1 Å². The quantitative estimate of drug-likeness (QED) is 0.647. The van der Waals surface area contributed by atoms with E-state index in [2.05, 4.69) is 22.4 Å². The summed E-state index contributed by atoms with van der Waals surface area (Å²) in [6, 6.07) is 20.1. The molecule has 116 valence electrons. The predicted octanol–water partition coefficient (Wildman–Crippen LogP) is 4.93. The number of carbonyl (C=O) groups is 1.